The zero-order chi connectivity index (χ0) is 38.2. The first-order valence-corrected chi connectivity index (χ1v) is 21.6. The van der Waals surface area contributed by atoms with Crippen molar-refractivity contribution >= 4 is 36.9 Å². The van der Waals surface area contributed by atoms with Gasteiger partial charge in [0.2, 0.25) is 0 Å². The topological polar surface area (TPSA) is 274 Å². The van der Waals surface area contributed by atoms with Gasteiger partial charge in [-0.1, -0.05) is 61.0 Å². The fourth-order valence-electron chi connectivity index (χ4n) is 5.61. The third-order valence-corrected chi connectivity index (χ3v) is 13.5. The molecule has 20 nitrogen and oxygen atoms in total. The van der Waals surface area contributed by atoms with E-state index in [2.05, 4.69) is 22.4 Å². The van der Waals surface area contributed by atoms with E-state index in [1.165, 1.54) is 22.1 Å². The lowest BCUT2D eigenvalue weighted by atomic mass is 10.1. The van der Waals surface area contributed by atoms with Crippen LogP contribution < -0.4 is 25.3 Å². The van der Waals surface area contributed by atoms with Gasteiger partial charge >= 0.3 is 5.69 Å². The molecule has 2 aromatic carbocycles. The summed E-state index contributed by atoms with van der Waals surface area (Å²) in [6.45, 7) is 1.91. The molecule has 4 heterocycles. The van der Waals surface area contributed by atoms with Gasteiger partial charge in [-0.15, -0.1) is 0 Å². The highest BCUT2D eigenvalue weighted by molar-refractivity contribution is 7.68. The van der Waals surface area contributed by atoms with Crippen molar-refractivity contribution in [2.75, 3.05) is 13.2 Å². The monoisotopic (exact) mass is 817 g/mol. The number of nitrogens with zero attached hydrogens (tertiary/aromatic N) is 3. The van der Waals surface area contributed by atoms with Gasteiger partial charge in [-0.05, 0) is 31.0 Å². The molecule has 0 aliphatic carbocycles. The highest BCUT2D eigenvalue weighted by Crippen LogP contribution is 2.66. The summed E-state index contributed by atoms with van der Waals surface area (Å²) in [7, 11) is -24.3. The lowest BCUT2D eigenvalue weighted by molar-refractivity contribution is -0.254. The standard InChI is InChI=1S/C29H35N3O17P4/c1-3-14-42-50(34,35)47-52(38,39)49-53(40,41)48-51(36,37)43-18-23-26-27(46-25(45-26)16-20-9-5-4-6-10-20)28(44-23)31-13-12-24-30-22(17-32(24)29(31)33)21-11-7-8-19(2)15-21/h4-13,15,17,23,25-28H,3,14,16,18H2,1-2H3,(H,34,35)(H,36,37)(H,38,39)(H,40,41)/p-4/t23-,25?,26+,27?,28-/m1/s1. The molecule has 53 heavy (non-hydrogen) atoms. The molecule has 2 aliphatic rings. The van der Waals surface area contributed by atoms with E-state index in [9.17, 15) is 42.6 Å². The molecular weight excluding hydrogens is 786 g/mol. The maximum Gasteiger partial charge on any atom is 0.336 e. The number of phosphoric ester groups is 2. The Bertz CT molecular complexity index is 2200. The molecule has 0 radical (unpaired) electrons. The van der Waals surface area contributed by atoms with Crippen LogP contribution in [0.1, 0.15) is 30.7 Å². The molecule has 0 bridgehead atoms. The number of aryl methyl sites for hydroxylation is 1. The van der Waals surface area contributed by atoms with Gasteiger partial charge < -0.3 is 42.8 Å². The van der Waals surface area contributed by atoms with Crippen molar-refractivity contribution in [3.8, 4) is 11.3 Å². The van der Waals surface area contributed by atoms with Crippen LogP contribution in [-0.2, 0) is 60.9 Å². The average molecular weight is 817 g/mol. The van der Waals surface area contributed by atoms with Crippen LogP contribution in [-0.4, -0.2) is 51.8 Å². The Balaban J connectivity index is 1.20. The maximum absolute atomic E-state index is 13.8. The summed E-state index contributed by atoms with van der Waals surface area (Å²) in [5, 5.41) is 0. The Hall–Kier alpha value is -2.70. The third-order valence-electron chi connectivity index (χ3n) is 7.73. The second-order valence-corrected chi connectivity index (χ2v) is 17.8. The Labute approximate surface area is 301 Å². The van der Waals surface area contributed by atoms with Crippen LogP contribution in [0.4, 0.5) is 0 Å². The van der Waals surface area contributed by atoms with E-state index in [1.807, 2.05) is 49.4 Å². The average Bonchev–Trinajstić information content (AvgIpc) is 3.76. The predicted octanol–water partition coefficient (Wildman–Crippen LogP) is 2.09. The molecule has 0 spiro atoms. The Morgan fingerprint density at radius 1 is 0.811 bits per heavy atom. The Kier molecular flexibility index (Phi) is 11.9. The zero-order valence-electron chi connectivity index (χ0n) is 27.7. The van der Waals surface area contributed by atoms with Gasteiger partial charge in [-0.3, -0.25) is 27.2 Å². The molecule has 4 aromatic rings. The number of rotatable bonds is 16. The zero-order valence-corrected chi connectivity index (χ0v) is 31.3. The molecule has 0 N–H and O–H groups in total. The van der Waals surface area contributed by atoms with Crippen molar-refractivity contribution in [2.45, 2.75) is 57.5 Å². The molecule has 0 amide bonds. The van der Waals surface area contributed by atoms with Gasteiger partial charge in [0.1, 0.15) is 24.0 Å². The number of phosphoric acid groups is 4. The summed E-state index contributed by atoms with van der Waals surface area (Å²) in [4.78, 5) is 66.6. The summed E-state index contributed by atoms with van der Waals surface area (Å²) in [5.74, 6) is 0. The van der Waals surface area contributed by atoms with Crippen LogP contribution in [0.15, 0.2) is 77.9 Å². The van der Waals surface area contributed by atoms with Crippen molar-refractivity contribution in [2.24, 2.45) is 0 Å². The van der Waals surface area contributed by atoms with Crippen LogP contribution in [0.5, 0.6) is 0 Å². The second-order valence-electron chi connectivity index (χ2n) is 11.8. The minimum Gasteiger partial charge on any atom is -0.756 e. The second kappa shape index (κ2) is 15.8. The summed E-state index contributed by atoms with van der Waals surface area (Å²) >= 11 is 0. The van der Waals surface area contributed by atoms with Crippen LogP contribution in [0.3, 0.4) is 0 Å². The molecule has 6 rings (SSSR count). The van der Waals surface area contributed by atoms with Crippen LogP contribution in [0.2, 0.25) is 0 Å². The van der Waals surface area contributed by atoms with Crippen LogP contribution >= 0.6 is 31.3 Å². The highest BCUT2D eigenvalue weighted by Gasteiger charge is 2.54. The first-order valence-electron chi connectivity index (χ1n) is 15.8. The van der Waals surface area contributed by atoms with Gasteiger partial charge in [0.25, 0.3) is 31.3 Å². The number of hydrogen-bond acceptors (Lipinski definition) is 18. The quantitative estimate of drug-likeness (QED) is 0.146. The molecule has 288 valence electrons. The summed E-state index contributed by atoms with van der Waals surface area (Å²) in [6.07, 6.45) is -2.23. The molecular formula is C29H31N3O17P4-4. The summed E-state index contributed by atoms with van der Waals surface area (Å²) in [5.41, 5.74) is 2.86. The predicted molar refractivity (Wildman–Crippen MR) is 173 cm³/mol. The number of ether oxygens (including phenoxy) is 3. The molecule has 2 aromatic heterocycles. The fraction of sp³-hybridized carbons (Fsp3) is 0.379. The largest absolute Gasteiger partial charge is 0.756 e. The van der Waals surface area contributed by atoms with Gasteiger partial charge in [0, 0.05) is 24.4 Å². The van der Waals surface area contributed by atoms with Gasteiger partial charge in [-0.2, -0.15) is 0 Å². The molecule has 2 aliphatic heterocycles. The lowest BCUT2D eigenvalue weighted by Gasteiger charge is -2.36. The fourth-order valence-corrected chi connectivity index (χ4v) is 10.4. The first-order chi connectivity index (χ1) is 24.9. The van der Waals surface area contributed by atoms with Crippen molar-refractivity contribution < 1.29 is 74.0 Å². The molecule has 24 heteroatoms. The van der Waals surface area contributed by atoms with E-state index in [-0.39, 0.29) is 12.8 Å². The van der Waals surface area contributed by atoms with Gasteiger partial charge in [0.15, 0.2) is 12.5 Å². The Morgan fingerprint density at radius 2 is 1.47 bits per heavy atom. The van der Waals surface area contributed by atoms with Crippen molar-refractivity contribution in [1.29, 1.82) is 0 Å². The normalized spacial score (nSPS) is 26.0. The Morgan fingerprint density at radius 3 is 2.15 bits per heavy atom. The van der Waals surface area contributed by atoms with E-state index >= 15 is 0 Å². The lowest BCUT2D eigenvalue weighted by Crippen LogP contribution is -2.35. The number of imidazole rings is 1. The van der Waals surface area contributed by atoms with Crippen LogP contribution in [0, 0.1) is 6.92 Å². The first kappa shape index (κ1) is 40.0. The summed E-state index contributed by atoms with van der Waals surface area (Å²) in [6, 6.07) is 18.2. The molecule has 2 saturated heterocycles. The van der Waals surface area contributed by atoms with Gasteiger partial charge in [-0.25, -0.2) is 22.7 Å². The van der Waals surface area contributed by atoms with E-state index in [0.717, 1.165) is 16.7 Å². The SMILES string of the molecule is CCCOP(=O)([O-])OP(=O)([O-])OP(=O)([O-])OP(=O)([O-])OC[C@H]1O[C@@H](n2ccc3nc(-c4cccc(C)c4)cn3c2=O)C2OC(Cc3ccccc3)O[C@H]21. The van der Waals surface area contributed by atoms with Crippen molar-refractivity contribution in [3.63, 3.8) is 0 Å². The van der Waals surface area contributed by atoms with E-state index in [1.54, 1.807) is 24.4 Å². The number of benzene rings is 2. The number of aromatic nitrogens is 3. The van der Waals surface area contributed by atoms with E-state index in [4.69, 9.17) is 18.7 Å². The van der Waals surface area contributed by atoms with E-state index in [0.29, 0.717) is 11.3 Å². The number of fused-ring (bicyclic) bond motifs is 2. The van der Waals surface area contributed by atoms with Crippen molar-refractivity contribution in [1.82, 2.24) is 14.0 Å². The van der Waals surface area contributed by atoms with E-state index < -0.39 is 81.0 Å². The molecule has 2 fully saturated rings. The molecule has 6 unspecified atom stereocenters. The minimum atomic E-state index is -6.41. The minimum absolute atomic E-state index is 0.114. The molecule has 9 atom stereocenters. The summed E-state index contributed by atoms with van der Waals surface area (Å²) < 4.78 is 88.9. The smallest absolute Gasteiger partial charge is 0.336 e. The highest BCUT2D eigenvalue weighted by atomic mass is 31.3. The van der Waals surface area contributed by atoms with Crippen LogP contribution in [0.25, 0.3) is 16.9 Å². The maximum atomic E-state index is 13.8. The van der Waals surface area contributed by atoms with Gasteiger partial charge in [0.05, 0.1) is 18.9 Å². The third kappa shape index (κ3) is 9.95. The number of hydrogen-bond donors (Lipinski definition) is 0. The molecule has 0 saturated carbocycles. The van der Waals surface area contributed by atoms with Crippen molar-refractivity contribution in [3.05, 3.63) is 94.7 Å².